The Bertz CT molecular complexity index is 1220. The molecule has 0 saturated heterocycles. The number of ether oxygens (including phenoxy) is 1. The van der Waals surface area contributed by atoms with E-state index in [1.807, 2.05) is 30.3 Å². The lowest BCUT2D eigenvalue weighted by molar-refractivity contribution is -0.146. The molecule has 34 heavy (non-hydrogen) atoms. The summed E-state index contributed by atoms with van der Waals surface area (Å²) in [4.78, 5) is 49.0. The van der Waals surface area contributed by atoms with Crippen molar-refractivity contribution in [3.8, 4) is 0 Å². The quantitative estimate of drug-likeness (QED) is 0.336. The molecule has 4 rings (SSSR count). The van der Waals surface area contributed by atoms with E-state index in [2.05, 4.69) is 9.97 Å². The molecule has 7 nitrogen and oxygen atoms in total. The molecule has 0 saturated carbocycles. The van der Waals surface area contributed by atoms with E-state index in [-0.39, 0.29) is 17.4 Å². The lowest BCUT2D eigenvalue weighted by Gasteiger charge is -2.25. The van der Waals surface area contributed by atoms with Crippen molar-refractivity contribution in [2.24, 2.45) is 5.92 Å². The number of aromatic nitrogens is 2. The first kappa shape index (κ1) is 24.5. The summed E-state index contributed by atoms with van der Waals surface area (Å²) in [5.74, 6) is 1.04. The third-order valence-corrected chi connectivity index (χ3v) is 8.15. The van der Waals surface area contributed by atoms with Crippen molar-refractivity contribution in [3.63, 3.8) is 0 Å². The number of hydrogen-bond donors (Lipinski definition) is 1. The third-order valence-electron chi connectivity index (χ3n) is 5.99. The number of carbonyl (C=O) groups excluding carboxylic acids is 2. The zero-order chi connectivity index (χ0) is 24.1. The standard InChI is InChI=1S/C25H29N3O4S2/c1-16(25(31)32-2)13-28(14-17-7-4-3-5-8-17)21(29)11-12-33-15-20-26-23(30)22-18-9-6-10-19(18)34-24(22)27-20/h3-5,7-8,16H,6,9-15H2,1-2H3,(H,26,27,30). The van der Waals surface area contributed by atoms with Gasteiger partial charge in [0.05, 0.1) is 24.2 Å². The first-order chi connectivity index (χ1) is 16.5. The largest absolute Gasteiger partial charge is 0.469 e. The molecular formula is C25H29N3O4S2. The summed E-state index contributed by atoms with van der Waals surface area (Å²) in [5.41, 5.74) is 2.14. The van der Waals surface area contributed by atoms with E-state index in [1.165, 1.54) is 17.6 Å². The number of nitrogens with zero attached hydrogens (tertiary/aromatic N) is 2. The molecule has 2 heterocycles. The van der Waals surface area contributed by atoms with Gasteiger partial charge in [-0.3, -0.25) is 14.4 Å². The van der Waals surface area contributed by atoms with Crippen molar-refractivity contribution in [2.75, 3.05) is 19.4 Å². The number of nitrogens with one attached hydrogen (secondary N) is 1. The third kappa shape index (κ3) is 5.70. The number of carbonyl (C=O) groups is 2. The summed E-state index contributed by atoms with van der Waals surface area (Å²) in [6.45, 7) is 2.52. The minimum atomic E-state index is -0.404. The van der Waals surface area contributed by atoms with Gasteiger partial charge in [0.15, 0.2) is 0 Å². The molecule has 0 fully saturated rings. The molecule has 1 atom stereocenters. The van der Waals surface area contributed by atoms with Crippen LogP contribution in [0.5, 0.6) is 0 Å². The first-order valence-electron chi connectivity index (χ1n) is 11.5. The van der Waals surface area contributed by atoms with E-state index in [1.54, 1.807) is 34.9 Å². The number of amides is 1. The van der Waals surface area contributed by atoms with Crippen LogP contribution in [0.1, 0.15) is 41.6 Å². The summed E-state index contributed by atoms with van der Waals surface area (Å²) in [7, 11) is 1.36. The zero-order valence-corrected chi connectivity index (χ0v) is 21.1. The van der Waals surface area contributed by atoms with Gasteiger partial charge in [-0.1, -0.05) is 37.3 Å². The molecular weight excluding hydrogens is 470 g/mol. The number of benzene rings is 1. The summed E-state index contributed by atoms with van der Waals surface area (Å²) < 4.78 is 4.83. The highest BCUT2D eigenvalue weighted by Crippen LogP contribution is 2.34. The molecule has 1 amide bonds. The fourth-order valence-corrected chi connectivity index (χ4v) is 6.34. The Balaban J connectivity index is 1.34. The lowest BCUT2D eigenvalue weighted by Crippen LogP contribution is -2.37. The maximum Gasteiger partial charge on any atom is 0.310 e. The molecule has 1 aromatic carbocycles. The van der Waals surface area contributed by atoms with Crippen molar-refractivity contribution in [3.05, 3.63) is 62.5 Å². The van der Waals surface area contributed by atoms with E-state index >= 15 is 0 Å². The van der Waals surface area contributed by atoms with Crippen LogP contribution < -0.4 is 5.56 Å². The zero-order valence-electron chi connectivity index (χ0n) is 19.5. The molecule has 2 aromatic heterocycles. The SMILES string of the molecule is COC(=O)C(C)CN(Cc1ccccc1)C(=O)CCSCc1nc2sc3c(c2c(=O)[nH]1)CCC3. The Morgan fingerprint density at radius 3 is 2.82 bits per heavy atom. The highest BCUT2D eigenvalue weighted by Gasteiger charge is 2.23. The second-order valence-corrected chi connectivity index (χ2v) is 10.7. The molecule has 1 aliphatic carbocycles. The van der Waals surface area contributed by atoms with Crippen molar-refractivity contribution in [1.82, 2.24) is 14.9 Å². The van der Waals surface area contributed by atoms with Crippen molar-refractivity contribution in [1.29, 1.82) is 0 Å². The van der Waals surface area contributed by atoms with Gasteiger partial charge in [-0.05, 0) is 30.4 Å². The number of rotatable bonds is 10. The fourth-order valence-electron chi connectivity index (χ4n) is 4.27. The van der Waals surface area contributed by atoms with Crippen LogP contribution in [0.2, 0.25) is 0 Å². The number of hydrogen-bond acceptors (Lipinski definition) is 7. The summed E-state index contributed by atoms with van der Waals surface area (Å²) in [6.07, 6.45) is 3.45. The minimum absolute atomic E-state index is 0.0151. The Labute approximate surface area is 206 Å². The van der Waals surface area contributed by atoms with Crippen molar-refractivity contribution in [2.45, 2.75) is 44.9 Å². The predicted octanol–water partition coefficient (Wildman–Crippen LogP) is 3.93. The minimum Gasteiger partial charge on any atom is -0.469 e. The van der Waals surface area contributed by atoms with Gasteiger partial charge in [-0.2, -0.15) is 11.8 Å². The van der Waals surface area contributed by atoms with Crippen LogP contribution in [0.25, 0.3) is 10.2 Å². The van der Waals surface area contributed by atoms with Crippen molar-refractivity contribution < 1.29 is 14.3 Å². The molecule has 3 aromatic rings. The topological polar surface area (TPSA) is 92.4 Å². The molecule has 180 valence electrons. The maximum atomic E-state index is 13.0. The highest BCUT2D eigenvalue weighted by molar-refractivity contribution is 7.98. The number of thioether (sulfide) groups is 1. The van der Waals surface area contributed by atoms with Gasteiger partial charge >= 0.3 is 5.97 Å². The number of methoxy groups -OCH3 is 1. The Morgan fingerprint density at radius 1 is 1.26 bits per heavy atom. The van der Waals surface area contributed by atoms with Crippen LogP contribution in [0.3, 0.4) is 0 Å². The van der Waals surface area contributed by atoms with Gasteiger partial charge in [0.1, 0.15) is 10.7 Å². The fraction of sp³-hybridized carbons (Fsp3) is 0.440. The number of H-pyrrole nitrogens is 1. The summed E-state index contributed by atoms with van der Waals surface area (Å²) >= 11 is 3.20. The van der Waals surface area contributed by atoms with E-state index in [0.717, 1.165) is 35.0 Å². The number of aryl methyl sites for hydroxylation is 2. The number of esters is 1. The van der Waals surface area contributed by atoms with E-state index < -0.39 is 5.92 Å². The Hall–Kier alpha value is -2.65. The van der Waals surface area contributed by atoms with E-state index in [0.29, 0.717) is 36.8 Å². The molecule has 1 aliphatic rings. The van der Waals surface area contributed by atoms with Crippen molar-refractivity contribution >= 4 is 45.2 Å². The Kier molecular flexibility index (Phi) is 8.05. The van der Waals surface area contributed by atoms with Crippen LogP contribution in [0.15, 0.2) is 35.1 Å². The average molecular weight is 500 g/mol. The molecule has 0 radical (unpaired) electrons. The van der Waals surface area contributed by atoms with Gasteiger partial charge < -0.3 is 14.6 Å². The van der Waals surface area contributed by atoms with E-state index in [9.17, 15) is 14.4 Å². The van der Waals surface area contributed by atoms with Crippen LogP contribution in [-0.4, -0.2) is 46.2 Å². The molecule has 9 heteroatoms. The lowest BCUT2D eigenvalue weighted by atomic mass is 10.1. The van der Waals surface area contributed by atoms with Gasteiger partial charge in [0.25, 0.3) is 5.56 Å². The monoisotopic (exact) mass is 499 g/mol. The smallest absolute Gasteiger partial charge is 0.310 e. The van der Waals surface area contributed by atoms with E-state index in [4.69, 9.17) is 4.74 Å². The second-order valence-electron chi connectivity index (χ2n) is 8.54. The van der Waals surface area contributed by atoms with Gasteiger partial charge in [0.2, 0.25) is 5.91 Å². The number of fused-ring (bicyclic) bond motifs is 3. The number of aromatic amines is 1. The van der Waals surface area contributed by atoms with Crippen LogP contribution in [-0.2, 0) is 39.5 Å². The molecule has 0 aliphatic heterocycles. The highest BCUT2D eigenvalue weighted by atomic mass is 32.2. The summed E-state index contributed by atoms with van der Waals surface area (Å²) in [6, 6.07) is 9.74. The predicted molar refractivity (Wildman–Crippen MR) is 136 cm³/mol. The number of thiophene rings is 1. The van der Waals surface area contributed by atoms with Crippen LogP contribution >= 0.6 is 23.1 Å². The Morgan fingerprint density at radius 2 is 2.06 bits per heavy atom. The van der Waals surface area contributed by atoms with Gasteiger partial charge in [-0.15, -0.1) is 11.3 Å². The molecule has 0 spiro atoms. The molecule has 1 unspecified atom stereocenters. The normalized spacial score (nSPS) is 13.6. The molecule has 1 N–H and O–H groups in total. The molecule has 0 bridgehead atoms. The average Bonchev–Trinajstić information content (AvgIpc) is 3.42. The van der Waals surface area contributed by atoms with Gasteiger partial charge in [0, 0.05) is 30.1 Å². The first-order valence-corrected chi connectivity index (χ1v) is 13.4. The second kappa shape index (κ2) is 11.2. The summed E-state index contributed by atoms with van der Waals surface area (Å²) in [5, 5.41) is 0.762. The van der Waals surface area contributed by atoms with Crippen LogP contribution in [0.4, 0.5) is 0 Å². The van der Waals surface area contributed by atoms with Crippen LogP contribution in [0, 0.1) is 5.92 Å². The maximum absolute atomic E-state index is 13.0. The van der Waals surface area contributed by atoms with Gasteiger partial charge in [-0.25, -0.2) is 4.98 Å².